The van der Waals surface area contributed by atoms with E-state index in [2.05, 4.69) is 28.6 Å². The van der Waals surface area contributed by atoms with E-state index in [1.54, 1.807) is 31.4 Å². The molecule has 0 spiro atoms. The van der Waals surface area contributed by atoms with E-state index >= 15 is 0 Å². The van der Waals surface area contributed by atoms with Crippen LogP contribution in [0.1, 0.15) is 34.9 Å². The Morgan fingerprint density at radius 1 is 1.19 bits per heavy atom. The van der Waals surface area contributed by atoms with Crippen LogP contribution in [0.25, 0.3) is 10.9 Å². The van der Waals surface area contributed by atoms with Gasteiger partial charge < -0.3 is 9.47 Å². The van der Waals surface area contributed by atoms with Gasteiger partial charge >= 0.3 is 5.97 Å². The number of hydrogen-bond donors (Lipinski definition) is 0. The summed E-state index contributed by atoms with van der Waals surface area (Å²) >= 11 is 0. The molecule has 3 aliphatic rings. The highest BCUT2D eigenvalue weighted by Gasteiger charge is 2.44. The number of fused-ring (bicyclic) bond motifs is 4. The van der Waals surface area contributed by atoms with Crippen LogP contribution in [-0.2, 0) is 4.74 Å². The van der Waals surface area contributed by atoms with Gasteiger partial charge in [-0.1, -0.05) is 24.3 Å². The van der Waals surface area contributed by atoms with E-state index in [1.165, 1.54) is 6.42 Å². The third-order valence-electron chi connectivity index (χ3n) is 7.05. The fourth-order valence-corrected chi connectivity index (χ4v) is 5.32. The van der Waals surface area contributed by atoms with Crippen molar-refractivity contribution in [2.45, 2.75) is 25.0 Å². The van der Waals surface area contributed by atoms with Crippen LogP contribution >= 0.6 is 0 Å². The Morgan fingerprint density at radius 2 is 2.00 bits per heavy atom. The molecule has 0 aliphatic carbocycles. The second kappa shape index (κ2) is 8.75. The van der Waals surface area contributed by atoms with E-state index in [-0.39, 0.29) is 18.1 Å². The lowest BCUT2D eigenvalue weighted by Gasteiger charge is -2.51. The maximum absolute atomic E-state index is 13.2. The van der Waals surface area contributed by atoms with E-state index in [1.807, 2.05) is 30.5 Å². The number of para-hydroxylation sites is 1. The smallest absolute Gasteiger partial charge is 0.338 e. The summed E-state index contributed by atoms with van der Waals surface area (Å²) in [7, 11) is 1.61. The highest BCUT2D eigenvalue weighted by molar-refractivity contribution is 5.90. The first-order chi connectivity index (χ1) is 15.7. The Bertz CT molecular complexity index is 1120. The number of carbonyl (C=O) groups excluding carboxylic acids is 1. The van der Waals surface area contributed by atoms with E-state index in [0.29, 0.717) is 23.1 Å². The Hall–Kier alpha value is -3.18. The first kappa shape index (κ1) is 20.7. The summed E-state index contributed by atoms with van der Waals surface area (Å²) in [5.41, 5.74) is 2.45. The topological polar surface area (TPSA) is 51.7 Å². The summed E-state index contributed by atoms with van der Waals surface area (Å²) in [5.74, 6) is 1.48. The van der Waals surface area contributed by atoms with Gasteiger partial charge in [0.05, 0.1) is 24.2 Å². The van der Waals surface area contributed by atoms with Crippen LogP contribution in [0.15, 0.2) is 73.4 Å². The number of pyridine rings is 1. The number of carbonyl (C=O) groups is 1. The first-order valence-corrected chi connectivity index (χ1v) is 11.2. The quantitative estimate of drug-likeness (QED) is 0.407. The normalized spacial score (nSPS) is 25.3. The molecule has 5 nitrogen and oxygen atoms in total. The van der Waals surface area contributed by atoms with Crippen LogP contribution in [0.2, 0.25) is 0 Å². The van der Waals surface area contributed by atoms with Gasteiger partial charge in [0.25, 0.3) is 0 Å². The van der Waals surface area contributed by atoms with Crippen molar-refractivity contribution in [3.63, 3.8) is 0 Å². The molecule has 6 rings (SSSR count). The van der Waals surface area contributed by atoms with Crippen molar-refractivity contribution in [1.29, 1.82) is 0 Å². The SMILES string of the molecule is C=C[C@@H]1CN2CC[C@H]1C[C@@H]2[C@@H](OC(=O)c1ccc(OC)cc1)c1ccnc2ccccc12. The highest BCUT2D eigenvalue weighted by atomic mass is 16.5. The molecule has 164 valence electrons. The third kappa shape index (κ3) is 3.78. The molecule has 5 heteroatoms. The fourth-order valence-electron chi connectivity index (χ4n) is 5.32. The molecule has 4 heterocycles. The molecule has 0 saturated carbocycles. The number of nitrogens with zero attached hydrogens (tertiary/aromatic N) is 2. The summed E-state index contributed by atoms with van der Waals surface area (Å²) in [6.07, 6.45) is 5.70. The van der Waals surface area contributed by atoms with E-state index in [0.717, 1.165) is 36.0 Å². The number of hydrogen-bond acceptors (Lipinski definition) is 5. The number of esters is 1. The minimum absolute atomic E-state index is 0.137. The largest absolute Gasteiger partial charge is 0.497 e. The number of ether oxygens (including phenoxy) is 2. The monoisotopic (exact) mass is 428 g/mol. The van der Waals surface area contributed by atoms with E-state index < -0.39 is 0 Å². The predicted molar refractivity (Wildman–Crippen MR) is 125 cm³/mol. The van der Waals surface area contributed by atoms with Crippen molar-refractivity contribution in [2.75, 3.05) is 20.2 Å². The van der Waals surface area contributed by atoms with Crippen LogP contribution < -0.4 is 4.74 Å². The summed E-state index contributed by atoms with van der Waals surface area (Å²) in [5, 5.41) is 1.03. The van der Waals surface area contributed by atoms with Gasteiger partial charge in [-0.05, 0) is 67.6 Å². The Balaban J connectivity index is 1.52. The van der Waals surface area contributed by atoms with Gasteiger partial charge in [0.1, 0.15) is 11.9 Å². The maximum Gasteiger partial charge on any atom is 0.338 e. The molecule has 3 aromatic rings. The van der Waals surface area contributed by atoms with E-state index in [9.17, 15) is 4.79 Å². The number of benzene rings is 2. The average molecular weight is 429 g/mol. The Morgan fingerprint density at radius 3 is 2.72 bits per heavy atom. The molecular weight excluding hydrogens is 400 g/mol. The second-order valence-corrected chi connectivity index (χ2v) is 8.72. The van der Waals surface area contributed by atoms with Crippen LogP contribution in [-0.4, -0.2) is 42.1 Å². The molecular formula is C27H28N2O3. The minimum Gasteiger partial charge on any atom is -0.497 e. The van der Waals surface area contributed by atoms with Crippen LogP contribution in [0, 0.1) is 11.8 Å². The van der Waals surface area contributed by atoms with Gasteiger partial charge in [-0.2, -0.15) is 0 Å². The van der Waals surface area contributed by atoms with Crippen molar-refractivity contribution in [2.24, 2.45) is 11.8 Å². The molecule has 0 N–H and O–H groups in total. The second-order valence-electron chi connectivity index (χ2n) is 8.72. The van der Waals surface area contributed by atoms with Crippen molar-refractivity contribution < 1.29 is 14.3 Å². The van der Waals surface area contributed by atoms with Gasteiger partial charge in [-0.25, -0.2) is 4.79 Å². The molecule has 2 aromatic carbocycles. The Kier molecular flexibility index (Phi) is 5.66. The summed E-state index contributed by atoms with van der Waals surface area (Å²) < 4.78 is 11.5. The number of piperidine rings is 3. The zero-order valence-electron chi connectivity index (χ0n) is 18.3. The fraction of sp³-hybridized carbons (Fsp3) is 0.333. The zero-order valence-corrected chi connectivity index (χ0v) is 18.3. The molecule has 5 atom stereocenters. The number of methoxy groups -OCH3 is 1. The predicted octanol–water partition coefficient (Wildman–Crippen LogP) is 5.04. The van der Waals surface area contributed by atoms with Gasteiger partial charge in [-0.3, -0.25) is 9.88 Å². The molecule has 32 heavy (non-hydrogen) atoms. The lowest BCUT2D eigenvalue weighted by molar-refractivity contribution is -0.0568. The highest BCUT2D eigenvalue weighted by Crippen LogP contribution is 2.43. The number of rotatable bonds is 6. The van der Waals surface area contributed by atoms with Gasteiger partial charge in [0.15, 0.2) is 0 Å². The minimum atomic E-state index is -0.369. The van der Waals surface area contributed by atoms with Crippen LogP contribution in [0.3, 0.4) is 0 Å². The third-order valence-corrected chi connectivity index (χ3v) is 7.05. The van der Waals surface area contributed by atoms with Gasteiger partial charge in [-0.15, -0.1) is 6.58 Å². The lowest BCUT2D eigenvalue weighted by Crippen LogP contribution is -2.55. The lowest BCUT2D eigenvalue weighted by atomic mass is 9.73. The molecule has 0 radical (unpaired) electrons. The summed E-state index contributed by atoms with van der Waals surface area (Å²) in [6, 6.07) is 17.3. The average Bonchev–Trinajstić information content (AvgIpc) is 2.87. The van der Waals surface area contributed by atoms with Crippen molar-refractivity contribution >= 4 is 16.9 Å². The Labute approximate surface area is 188 Å². The first-order valence-electron chi connectivity index (χ1n) is 11.2. The maximum atomic E-state index is 13.2. The number of aromatic nitrogens is 1. The molecule has 3 saturated heterocycles. The standard InChI is InChI=1S/C27H28N2O3/c1-3-18-17-29-15-13-20(18)16-25(29)26(23-12-14-28-24-7-5-4-6-22(23)24)32-27(30)19-8-10-21(31-2)11-9-19/h3-12,14,18,20,25-26H,1,13,15-17H2,2H3/t18-,20+,25-,26+/m1/s1. The van der Waals surface area contributed by atoms with E-state index in [4.69, 9.17) is 9.47 Å². The molecule has 2 bridgehead atoms. The van der Waals surface area contributed by atoms with Crippen LogP contribution in [0.5, 0.6) is 5.75 Å². The van der Waals surface area contributed by atoms with Crippen molar-refractivity contribution in [3.05, 3.63) is 84.6 Å². The van der Waals surface area contributed by atoms with Crippen LogP contribution in [0.4, 0.5) is 0 Å². The summed E-state index contributed by atoms with van der Waals surface area (Å²) in [6.45, 7) is 6.04. The molecule has 0 amide bonds. The molecule has 3 aliphatic heterocycles. The molecule has 1 aromatic heterocycles. The summed E-state index contributed by atoms with van der Waals surface area (Å²) in [4.78, 5) is 20.2. The molecule has 1 unspecified atom stereocenters. The van der Waals surface area contributed by atoms with Gasteiger partial charge in [0.2, 0.25) is 0 Å². The molecule has 3 fully saturated rings. The van der Waals surface area contributed by atoms with Crippen molar-refractivity contribution in [3.8, 4) is 5.75 Å². The van der Waals surface area contributed by atoms with Gasteiger partial charge in [0, 0.05) is 23.7 Å². The zero-order chi connectivity index (χ0) is 22.1. The van der Waals surface area contributed by atoms with Crippen molar-refractivity contribution in [1.82, 2.24) is 9.88 Å².